The molecule has 6 rings (SSSR count). The van der Waals surface area contributed by atoms with Gasteiger partial charge >= 0.3 is 0 Å². The number of para-hydroxylation sites is 1. The van der Waals surface area contributed by atoms with Crippen molar-refractivity contribution in [2.75, 3.05) is 43.4 Å². The lowest BCUT2D eigenvalue weighted by molar-refractivity contribution is 0.0949. The molecule has 44 heavy (non-hydrogen) atoms. The molecule has 0 unspecified atom stereocenters. The van der Waals surface area contributed by atoms with E-state index in [1.807, 2.05) is 54.6 Å². The fraction of sp³-hybridized carbons (Fsp3) is 0.206. The standard InChI is InChI=1S/C34H34FN7O2/c1-40-14-16-41(17-15-40)30-5-3-2-4-27(30)21-38-33(43)26-10-11-28(35)29(18-26)39-34(44)31-22-37-32-19-25(12-13-42(31)32)24-8-6-23(20-36)7-9-24/h2-13,18-19,22H,14-17,20-21,36H2,1H3,(H,38,43)(H,39,44). The third-order valence-electron chi connectivity index (χ3n) is 8.02. The molecule has 2 aromatic heterocycles. The Morgan fingerprint density at radius 2 is 1.68 bits per heavy atom. The molecule has 5 aromatic rings. The summed E-state index contributed by atoms with van der Waals surface area (Å²) >= 11 is 0. The normalized spacial score (nSPS) is 13.7. The highest BCUT2D eigenvalue weighted by Gasteiger charge is 2.19. The minimum absolute atomic E-state index is 0.0907. The molecule has 1 aliphatic heterocycles. The van der Waals surface area contributed by atoms with Crippen LogP contribution in [-0.4, -0.2) is 59.3 Å². The van der Waals surface area contributed by atoms with Crippen LogP contribution in [0.4, 0.5) is 15.8 Å². The smallest absolute Gasteiger partial charge is 0.274 e. The predicted octanol–water partition coefficient (Wildman–Crippen LogP) is 4.53. The average molecular weight is 592 g/mol. The molecule has 3 aromatic carbocycles. The zero-order valence-corrected chi connectivity index (χ0v) is 24.5. The number of carbonyl (C=O) groups is 2. The van der Waals surface area contributed by atoms with Gasteiger partial charge in [-0.3, -0.25) is 14.0 Å². The van der Waals surface area contributed by atoms with Gasteiger partial charge in [-0.1, -0.05) is 42.5 Å². The van der Waals surface area contributed by atoms with Crippen molar-refractivity contribution < 1.29 is 14.0 Å². The fourth-order valence-electron chi connectivity index (χ4n) is 5.40. The quantitative estimate of drug-likeness (QED) is 0.245. The molecular formula is C34H34FN7O2. The highest BCUT2D eigenvalue weighted by Crippen LogP contribution is 2.24. The lowest BCUT2D eigenvalue weighted by Gasteiger charge is -2.35. The number of hydrogen-bond acceptors (Lipinski definition) is 6. The number of nitrogens with one attached hydrogen (secondary N) is 2. The zero-order valence-electron chi connectivity index (χ0n) is 24.5. The van der Waals surface area contributed by atoms with Gasteiger partial charge in [0.2, 0.25) is 0 Å². The molecule has 1 fully saturated rings. The van der Waals surface area contributed by atoms with E-state index in [2.05, 4.69) is 38.5 Å². The third kappa shape index (κ3) is 6.17. The van der Waals surface area contributed by atoms with E-state index in [1.54, 1.807) is 10.6 Å². The largest absolute Gasteiger partial charge is 0.369 e. The molecule has 0 radical (unpaired) electrons. The second kappa shape index (κ2) is 12.7. The van der Waals surface area contributed by atoms with E-state index in [0.717, 1.165) is 54.1 Å². The number of likely N-dealkylation sites (N-methyl/N-ethyl adjacent to an activating group) is 1. The van der Waals surface area contributed by atoms with E-state index in [1.165, 1.54) is 24.4 Å². The maximum absolute atomic E-state index is 14.8. The number of carbonyl (C=O) groups excluding carboxylic acids is 2. The number of fused-ring (bicyclic) bond motifs is 1. The van der Waals surface area contributed by atoms with Crippen LogP contribution in [0.25, 0.3) is 16.8 Å². The summed E-state index contributed by atoms with van der Waals surface area (Å²) in [5, 5.41) is 5.56. The third-order valence-corrected chi connectivity index (χ3v) is 8.02. The number of benzene rings is 3. The minimum Gasteiger partial charge on any atom is -0.369 e. The van der Waals surface area contributed by atoms with Gasteiger partial charge in [0.25, 0.3) is 11.8 Å². The first-order valence-electron chi connectivity index (χ1n) is 14.6. The molecule has 10 heteroatoms. The van der Waals surface area contributed by atoms with Crippen LogP contribution in [0.3, 0.4) is 0 Å². The summed E-state index contributed by atoms with van der Waals surface area (Å²) in [5.41, 5.74) is 11.7. The number of hydrogen-bond donors (Lipinski definition) is 3. The Bertz CT molecular complexity index is 1810. The van der Waals surface area contributed by atoms with E-state index in [0.29, 0.717) is 18.7 Å². The Morgan fingerprint density at radius 3 is 2.45 bits per heavy atom. The Hall–Kier alpha value is -5.06. The van der Waals surface area contributed by atoms with Crippen LogP contribution in [0.5, 0.6) is 0 Å². The van der Waals surface area contributed by atoms with Crippen LogP contribution in [-0.2, 0) is 13.1 Å². The van der Waals surface area contributed by atoms with Crippen LogP contribution in [0, 0.1) is 5.82 Å². The van der Waals surface area contributed by atoms with Gasteiger partial charge in [0.1, 0.15) is 17.2 Å². The van der Waals surface area contributed by atoms with Gasteiger partial charge in [-0.15, -0.1) is 0 Å². The van der Waals surface area contributed by atoms with Gasteiger partial charge in [-0.05, 0) is 65.7 Å². The van der Waals surface area contributed by atoms with Crippen LogP contribution in [0.1, 0.15) is 32.0 Å². The summed E-state index contributed by atoms with van der Waals surface area (Å²) in [7, 11) is 2.11. The summed E-state index contributed by atoms with van der Waals surface area (Å²) in [6, 6.07) is 23.6. The van der Waals surface area contributed by atoms with Crippen molar-refractivity contribution in [3.05, 3.63) is 119 Å². The number of nitrogens with two attached hydrogens (primary N) is 1. The molecule has 9 nitrogen and oxygen atoms in total. The first-order valence-corrected chi connectivity index (χ1v) is 14.6. The average Bonchev–Trinajstić information content (AvgIpc) is 3.49. The second-order valence-electron chi connectivity index (χ2n) is 10.9. The van der Waals surface area contributed by atoms with E-state index in [9.17, 15) is 14.0 Å². The maximum Gasteiger partial charge on any atom is 0.274 e. The minimum atomic E-state index is -0.646. The number of rotatable bonds is 8. The zero-order chi connectivity index (χ0) is 30.6. The summed E-state index contributed by atoms with van der Waals surface area (Å²) in [6.45, 7) is 4.58. The van der Waals surface area contributed by atoms with Gasteiger partial charge in [0, 0.05) is 56.7 Å². The number of pyridine rings is 1. The number of anilines is 2. The number of nitrogens with zero attached hydrogens (tertiary/aromatic N) is 4. The summed E-state index contributed by atoms with van der Waals surface area (Å²) in [4.78, 5) is 35.3. The second-order valence-corrected chi connectivity index (χ2v) is 10.9. The summed E-state index contributed by atoms with van der Waals surface area (Å²) in [6.07, 6.45) is 3.20. The van der Waals surface area contributed by atoms with Crippen LogP contribution >= 0.6 is 0 Å². The lowest BCUT2D eigenvalue weighted by atomic mass is 10.1. The van der Waals surface area contributed by atoms with Crippen molar-refractivity contribution >= 4 is 28.8 Å². The number of aromatic nitrogens is 2. The van der Waals surface area contributed by atoms with Crippen molar-refractivity contribution in [1.82, 2.24) is 19.6 Å². The SMILES string of the molecule is CN1CCN(c2ccccc2CNC(=O)c2ccc(F)c(NC(=O)c3cnc4cc(-c5ccc(CN)cc5)ccn34)c2)CC1. The number of halogens is 1. The number of piperazine rings is 1. The maximum atomic E-state index is 14.8. The predicted molar refractivity (Wildman–Crippen MR) is 170 cm³/mol. The highest BCUT2D eigenvalue weighted by atomic mass is 19.1. The van der Waals surface area contributed by atoms with E-state index in [-0.39, 0.29) is 22.9 Å². The Balaban J connectivity index is 1.14. The first kappa shape index (κ1) is 29.0. The van der Waals surface area contributed by atoms with Crippen molar-refractivity contribution in [1.29, 1.82) is 0 Å². The van der Waals surface area contributed by atoms with E-state index < -0.39 is 11.7 Å². The fourth-order valence-corrected chi connectivity index (χ4v) is 5.40. The van der Waals surface area contributed by atoms with Crippen molar-refractivity contribution in [3.63, 3.8) is 0 Å². The van der Waals surface area contributed by atoms with Crippen LogP contribution < -0.4 is 21.3 Å². The Morgan fingerprint density at radius 1 is 0.909 bits per heavy atom. The number of imidazole rings is 1. The van der Waals surface area contributed by atoms with E-state index >= 15 is 0 Å². The van der Waals surface area contributed by atoms with E-state index in [4.69, 9.17) is 5.73 Å². The monoisotopic (exact) mass is 591 g/mol. The van der Waals surface area contributed by atoms with Gasteiger partial charge in [0.05, 0.1) is 11.9 Å². The molecule has 3 heterocycles. The highest BCUT2D eigenvalue weighted by molar-refractivity contribution is 6.04. The molecular weight excluding hydrogens is 557 g/mol. The Kier molecular flexibility index (Phi) is 8.36. The van der Waals surface area contributed by atoms with Crippen LogP contribution in [0.15, 0.2) is 91.3 Å². The van der Waals surface area contributed by atoms with Crippen molar-refractivity contribution in [2.45, 2.75) is 13.1 Å². The van der Waals surface area contributed by atoms with Gasteiger partial charge in [0.15, 0.2) is 0 Å². The molecule has 0 aliphatic carbocycles. The lowest BCUT2D eigenvalue weighted by Crippen LogP contribution is -2.45. The summed E-state index contributed by atoms with van der Waals surface area (Å²) < 4.78 is 16.4. The molecule has 2 amide bonds. The van der Waals surface area contributed by atoms with Crippen molar-refractivity contribution in [2.24, 2.45) is 5.73 Å². The topological polar surface area (TPSA) is 108 Å². The van der Waals surface area contributed by atoms with Gasteiger partial charge in [-0.2, -0.15) is 0 Å². The van der Waals surface area contributed by atoms with Crippen molar-refractivity contribution in [3.8, 4) is 11.1 Å². The molecule has 0 saturated carbocycles. The first-order chi connectivity index (χ1) is 21.4. The molecule has 1 aliphatic rings. The summed E-state index contributed by atoms with van der Waals surface area (Å²) in [5.74, 6) is -1.56. The molecule has 1 saturated heterocycles. The molecule has 4 N–H and O–H groups in total. The van der Waals surface area contributed by atoms with Gasteiger partial charge in [-0.25, -0.2) is 9.37 Å². The van der Waals surface area contributed by atoms with Crippen LogP contribution in [0.2, 0.25) is 0 Å². The molecule has 0 atom stereocenters. The Labute approximate surface area is 255 Å². The number of amides is 2. The molecule has 224 valence electrons. The molecule has 0 bridgehead atoms. The molecule has 0 spiro atoms. The van der Waals surface area contributed by atoms with Gasteiger partial charge < -0.3 is 26.2 Å².